The molecule has 1 saturated heterocycles. The number of aromatic amines is 1. The second-order valence-corrected chi connectivity index (χ2v) is 5.07. The molecule has 2 aromatic rings. The SMILES string of the molecule is Cn1ccc(CN2CCC[C@H](c3ccn[nH]3)C2)n1. The van der Waals surface area contributed by atoms with Crippen molar-refractivity contribution in [2.24, 2.45) is 7.05 Å². The molecule has 0 unspecified atom stereocenters. The van der Waals surface area contributed by atoms with Crippen LogP contribution in [0.5, 0.6) is 0 Å². The Morgan fingerprint density at radius 2 is 2.39 bits per heavy atom. The first-order chi connectivity index (χ1) is 8.81. The molecule has 5 heteroatoms. The van der Waals surface area contributed by atoms with Crippen molar-refractivity contribution in [3.05, 3.63) is 35.9 Å². The fraction of sp³-hybridized carbons (Fsp3) is 0.538. The second-order valence-electron chi connectivity index (χ2n) is 5.07. The van der Waals surface area contributed by atoms with E-state index >= 15 is 0 Å². The molecule has 1 fully saturated rings. The van der Waals surface area contributed by atoms with Crippen LogP contribution in [0.25, 0.3) is 0 Å². The molecule has 0 aromatic carbocycles. The molecule has 0 amide bonds. The lowest BCUT2D eigenvalue weighted by molar-refractivity contribution is 0.196. The molecule has 1 aliphatic rings. The van der Waals surface area contributed by atoms with Gasteiger partial charge in [-0.15, -0.1) is 0 Å². The smallest absolute Gasteiger partial charge is 0.0764 e. The Kier molecular flexibility index (Phi) is 3.15. The Bertz CT molecular complexity index is 487. The maximum Gasteiger partial charge on any atom is 0.0764 e. The van der Waals surface area contributed by atoms with Gasteiger partial charge < -0.3 is 0 Å². The van der Waals surface area contributed by atoms with Gasteiger partial charge in [0.2, 0.25) is 0 Å². The van der Waals surface area contributed by atoms with Crippen molar-refractivity contribution >= 4 is 0 Å². The van der Waals surface area contributed by atoms with Gasteiger partial charge in [0.1, 0.15) is 0 Å². The zero-order valence-electron chi connectivity index (χ0n) is 10.7. The molecule has 96 valence electrons. The lowest BCUT2D eigenvalue weighted by Crippen LogP contribution is -2.34. The van der Waals surface area contributed by atoms with Crippen LogP contribution in [0.3, 0.4) is 0 Å². The largest absolute Gasteiger partial charge is 0.297 e. The fourth-order valence-corrected chi connectivity index (χ4v) is 2.72. The van der Waals surface area contributed by atoms with Crippen LogP contribution in [0.4, 0.5) is 0 Å². The van der Waals surface area contributed by atoms with Crippen molar-refractivity contribution in [2.45, 2.75) is 25.3 Å². The third kappa shape index (κ3) is 2.46. The van der Waals surface area contributed by atoms with Crippen LogP contribution in [0.15, 0.2) is 24.5 Å². The van der Waals surface area contributed by atoms with E-state index < -0.39 is 0 Å². The number of nitrogens with zero attached hydrogens (tertiary/aromatic N) is 4. The molecule has 5 nitrogen and oxygen atoms in total. The predicted molar refractivity (Wildman–Crippen MR) is 69.0 cm³/mol. The van der Waals surface area contributed by atoms with E-state index in [0.717, 1.165) is 18.8 Å². The number of H-pyrrole nitrogens is 1. The van der Waals surface area contributed by atoms with Gasteiger partial charge in [0, 0.05) is 44.1 Å². The number of aromatic nitrogens is 4. The molecule has 1 aliphatic heterocycles. The standard InChI is InChI=1S/C13H19N5/c1-17-8-5-12(16-17)10-18-7-2-3-11(9-18)13-4-6-14-15-13/h4-6,8,11H,2-3,7,9-10H2,1H3,(H,14,15)/t11-/m0/s1. The number of likely N-dealkylation sites (tertiary alicyclic amines) is 1. The molecule has 1 N–H and O–H groups in total. The molecule has 0 aliphatic carbocycles. The third-order valence-electron chi connectivity index (χ3n) is 3.62. The van der Waals surface area contributed by atoms with E-state index in [0.29, 0.717) is 5.92 Å². The lowest BCUT2D eigenvalue weighted by atomic mass is 9.95. The highest BCUT2D eigenvalue weighted by atomic mass is 15.3. The molecule has 3 rings (SSSR count). The van der Waals surface area contributed by atoms with Crippen LogP contribution in [0, 0.1) is 0 Å². The molecule has 2 aromatic heterocycles. The van der Waals surface area contributed by atoms with E-state index in [4.69, 9.17) is 0 Å². The topological polar surface area (TPSA) is 49.7 Å². The third-order valence-corrected chi connectivity index (χ3v) is 3.62. The Balaban J connectivity index is 1.63. The molecule has 0 radical (unpaired) electrons. The minimum absolute atomic E-state index is 0.588. The van der Waals surface area contributed by atoms with E-state index in [9.17, 15) is 0 Å². The summed E-state index contributed by atoms with van der Waals surface area (Å²) in [4.78, 5) is 2.48. The Hall–Kier alpha value is -1.62. The van der Waals surface area contributed by atoms with Gasteiger partial charge in [-0.05, 0) is 31.5 Å². The van der Waals surface area contributed by atoms with E-state index in [-0.39, 0.29) is 0 Å². The summed E-state index contributed by atoms with van der Waals surface area (Å²) in [5.41, 5.74) is 2.42. The van der Waals surface area contributed by atoms with Gasteiger partial charge in [0.05, 0.1) is 5.69 Å². The van der Waals surface area contributed by atoms with Crippen LogP contribution in [-0.4, -0.2) is 38.0 Å². The Morgan fingerprint density at radius 3 is 3.11 bits per heavy atom. The van der Waals surface area contributed by atoms with Gasteiger partial charge in [-0.3, -0.25) is 14.7 Å². The summed E-state index contributed by atoms with van der Waals surface area (Å²) < 4.78 is 1.87. The van der Waals surface area contributed by atoms with E-state index in [1.165, 1.54) is 25.1 Å². The predicted octanol–water partition coefficient (Wildman–Crippen LogP) is 1.52. The highest BCUT2D eigenvalue weighted by molar-refractivity contribution is 5.08. The second kappa shape index (κ2) is 4.94. The summed E-state index contributed by atoms with van der Waals surface area (Å²) in [6.07, 6.45) is 6.34. The number of hydrogen-bond donors (Lipinski definition) is 1. The molecule has 3 heterocycles. The van der Waals surface area contributed by atoms with Crippen LogP contribution in [0.2, 0.25) is 0 Å². The summed E-state index contributed by atoms with van der Waals surface area (Å²) in [5, 5.41) is 11.6. The molecular formula is C13H19N5. The van der Waals surface area contributed by atoms with Crippen LogP contribution in [-0.2, 0) is 13.6 Å². The average molecular weight is 245 g/mol. The number of nitrogens with one attached hydrogen (secondary N) is 1. The molecule has 1 atom stereocenters. The summed E-state index contributed by atoms with van der Waals surface area (Å²) in [6.45, 7) is 3.21. The zero-order valence-corrected chi connectivity index (χ0v) is 10.7. The minimum Gasteiger partial charge on any atom is -0.297 e. The molecule has 0 spiro atoms. The van der Waals surface area contributed by atoms with Crippen molar-refractivity contribution in [1.82, 2.24) is 24.9 Å². The lowest BCUT2D eigenvalue weighted by Gasteiger charge is -2.31. The van der Waals surface area contributed by atoms with Crippen molar-refractivity contribution in [1.29, 1.82) is 0 Å². The highest BCUT2D eigenvalue weighted by Gasteiger charge is 2.22. The van der Waals surface area contributed by atoms with E-state index in [2.05, 4.69) is 32.3 Å². The van der Waals surface area contributed by atoms with Crippen LogP contribution >= 0.6 is 0 Å². The van der Waals surface area contributed by atoms with Gasteiger partial charge >= 0.3 is 0 Å². The number of hydrogen-bond acceptors (Lipinski definition) is 3. The van der Waals surface area contributed by atoms with Gasteiger partial charge in [0.25, 0.3) is 0 Å². The first-order valence-electron chi connectivity index (χ1n) is 6.51. The van der Waals surface area contributed by atoms with Crippen molar-refractivity contribution < 1.29 is 0 Å². The van der Waals surface area contributed by atoms with Crippen LogP contribution in [0.1, 0.15) is 30.1 Å². The van der Waals surface area contributed by atoms with Crippen molar-refractivity contribution in [3.63, 3.8) is 0 Å². The maximum atomic E-state index is 4.45. The van der Waals surface area contributed by atoms with Crippen molar-refractivity contribution in [3.8, 4) is 0 Å². The van der Waals surface area contributed by atoms with Gasteiger partial charge in [-0.1, -0.05) is 0 Å². The average Bonchev–Trinajstić information content (AvgIpc) is 3.01. The quantitative estimate of drug-likeness (QED) is 0.892. The molecule has 18 heavy (non-hydrogen) atoms. The zero-order chi connectivity index (χ0) is 12.4. The first kappa shape index (κ1) is 11.5. The van der Waals surface area contributed by atoms with E-state index in [1.807, 2.05) is 24.1 Å². The van der Waals surface area contributed by atoms with E-state index in [1.54, 1.807) is 0 Å². The fourth-order valence-electron chi connectivity index (χ4n) is 2.72. The Morgan fingerprint density at radius 1 is 1.44 bits per heavy atom. The molecule has 0 bridgehead atoms. The Labute approximate surface area is 107 Å². The first-order valence-corrected chi connectivity index (χ1v) is 6.51. The van der Waals surface area contributed by atoms with Crippen molar-refractivity contribution in [2.75, 3.05) is 13.1 Å². The van der Waals surface area contributed by atoms with Gasteiger partial charge in [0.15, 0.2) is 0 Å². The summed E-state index contributed by atoms with van der Waals surface area (Å²) in [6, 6.07) is 4.19. The number of rotatable bonds is 3. The maximum absolute atomic E-state index is 4.45. The van der Waals surface area contributed by atoms with Gasteiger partial charge in [-0.2, -0.15) is 10.2 Å². The highest BCUT2D eigenvalue weighted by Crippen LogP contribution is 2.25. The molecule has 0 saturated carbocycles. The minimum atomic E-state index is 0.588. The monoisotopic (exact) mass is 245 g/mol. The summed E-state index contributed by atoms with van der Waals surface area (Å²) >= 11 is 0. The normalized spacial score (nSPS) is 21.3. The van der Waals surface area contributed by atoms with Gasteiger partial charge in [-0.25, -0.2) is 0 Å². The molecular weight excluding hydrogens is 226 g/mol. The summed E-state index contributed by atoms with van der Waals surface area (Å²) in [7, 11) is 1.97. The summed E-state index contributed by atoms with van der Waals surface area (Å²) in [5.74, 6) is 0.588. The van der Waals surface area contributed by atoms with Crippen LogP contribution < -0.4 is 0 Å². The number of piperidine rings is 1. The number of aryl methyl sites for hydroxylation is 1.